The molecule has 0 radical (unpaired) electrons. The lowest BCUT2D eigenvalue weighted by Crippen LogP contribution is -2.44. The molecule has 4 heterocycles. The highest BCUT2D eigenvalue weighted by atomic mass is 32.2. The molecule has 0 amide bonds. The van der Waals surface area contributed by atoms with Gasteiger partial charge in [0, 0.05) is 37.6 Å². The Kier molecular flexibility index (Phi) is 5.46. The van der Waals surface area contributed by atoms with Crippen molar-refractivity contribution in [3.63, 3.8) is 0 Å². The van der Waals surface area contributed by atoms with Gasteiger partial charge in [-0.3, -0.25) is 0 Å². The van der Waals surface area contributed by atoms with Crippen molar-refractivity contribution in [3.8, 4) is 0 Å². The van der Waals surface area contributed by atoms with Crippen LogP contribution in [0, 0.1) is 5.92 Å². The Morgan fingerprint density at radius 1 is 1.12 bits per heavy atom. The van der Waals surface area contributed by atoms with Gasteiger partial charge in [0.15, 0.2) is 5.65 Å². The second kappa shape index (κ2) is 8.51. The summed E-state index contributed by atoms with van der Waals surface area (Å²) in [6.07, 6.45) is 7.98. The van der Waals surface area contributed by atoms with Gasteiger partial charge in [0.1, 0.15) is 10.7 Å². The van der Waals surface area contributed by atoms with Gasteiger partial charge in [-0.2, -0.15) is 5.10 Å². The van der Waals surface area contributed by atoms with Crippen LogP contribution in [-0.4, -0.2) is 60.9 Å². The number of sulfonamides is 1. The Labute approximate surface area is 199 Å². The number of fused-ring (bicyclic) bond motifs is 3. The molecular weight excluding hydrogens is 452 g/mol. The zero-order valence-electron chi connectivity index (χ0n) is 19.1. The zero-order valence-corrected chi connectivity index (χ0v) is 19.9. The van der Waals surface area contributed by atoms with Gasteiger partial charge in [0.05, 0.1) is 18.4 Å². The maximum atomic E-state index is 13.2. The Morgan fingerprint density at radius 2 is 1.94 bits per heavy atom. The Morgan fingerprint density at radius 3 is 2.65 bits per heavy atom. The molecule has 2 saturated heterocycles. The van der Waals surface area contributed by atoms with E-state index in [1.165, 1.54) is 22.8 Å². The largest absolute Gasteiger partial charge is 0.373 e. The number of benzene rings is 1. The summed E-state index contributed by atoms with van der Waals surface area (Å²) in [7, 11) is -3.75. The predicted molar refractivity (Wildman–Crippen MR) is 129 cm³/mol. The van der Waals surface area contributed by atoms with Gasteiger partial charge in [0.2, 0.25) is 10.0 Å². The van der Waals surface area contributed by atoms with Crippen LogP contribution >= 0.6 is 0 Å². The molecule has 2 unspecified atom stereocenters. The van der Waals surface area contributed by atoms with Crippen molar-refractivity contribution in [2.75, 3.05) is 36.5 Å². The molecule has 2 atom stereocenters. The van der Waals surface area contributed by atoms with E-state index in [9.17, 15) is 8.42 Å². The fourth-order valence-electron chi connectivity index (χ4n) is 5.54. The lowest BCUT2D eigenvalue weighted by atomic mass is 10.0. The minimum Gasteiger partial charge on any atom is -0.373 e. The molecule has 3 aromatic rings. The predicted octanol–water partition coefficient (Wildman–Crippen LogP) is 2.66. The van der Waals surface area contributed by atoms with E-state index in [4.69, 9.17) is 4.74 Å². The van der Waals surface area contributed by atoms with E-state index in [1.54, 1.807) is 6.20 Å². The van der Waals surface area contributed by atoms with E-state index < -0.39 is 10.0 Å². The first-order valence-electron chi connectivity index (χ1n) is 12.0. The van der Waals surface area contributed by atoms with Crippen molar-refractivity contribution < 1.29 is 13.2 Å². The number of aromatic nitrogens is 3. The van der Waals surface area contributed by atoms with Crippen LogP contribution in [0.3, 0.4) is 0 Å². The van der Waals surface area contributed by atoms with Gasteiger partial charge in [-0.05, 0) is 56.2 Å². The number of hydrogen-bond donors (Lipinski definition) is 2. The second-order valence-corrected chi connectivity index (χ2v) is 11.4. The number of nitrogens with one attached hydrogen (secondary N) is 2. The Bertz CT molecular complexity index is 1260. The van der Waals surface area contributed by atoms with E-state index in [0.29, 0.717) is 23.9 Å². The van der Waals surface area contributed by atoms with Crippen molar-refractivity contribution >= 4 is 27.2 Å². The fraction of sp³-hybridized carbons (Fsp3) is 0.500. The molecule has 9 nitrogen and oxygen atoms in total. The number of piperidine rings is 1. The Balaban J connectivity index is 1.14. The average molecular weight is 483 g/mol. The molecule has 2 bridgehead atoms. The standard InChI is InChI=1S/C24H30N6O3S/c31-34(32,28-19-7-11-29(12-8-19)20-4-2-1-3-5-20)21-15-26-30-13-9-22(27-23(21)30)25-17-24-10-6-18(14-24)16-33-24/h1-5,9,13,15,18-19,28H,6-8,10-12,14,16-17H2,(H,25,27). The number of para-hydroxylation sites is 1. The molecule has 3 fully saturated rings. The summed E-state index contributed by atoms with van der Waals surface area (Å²) in [6.45, 7) is 3.14. The highest BCUT2D eigenvalue weighted by molar-refractivity contribution is 7.89. The number of ether oxygens (including phenoxy) is 1. The van der Waals surface area contributed by atoms with E-state index in [2.05, 4.69) is 37.2 Å². The molecule has 2 aromatic heterocycles. The monoisotopic (exact) mass is 482 g/mol. The normalized spacial score (nSPS) is 25.3. The Hall–Kier alpha value is -2.69. The smallest absolute Gasteiger partial charge is 0.246 e. The highest BCUT2D eigenvalue weighted by Gasteiger charge is 2.46. The summed E-state index contributed by atoms with van der Waals surface area (Å²) in [5.41, 5.74) is 1.39. The zero-order chi connectivity index (χ0) is 23.2. The summed E-state index contributed by atoms with van der Waals surface area (Å²) >= 11 is 0. The fourth-order valence-corrected chi connectivity index (χ4v) is 6.91. The molecule has 6 rings (SSSR count). The minimum atomic E-state index is -3.75. The first-order chi connectivity index (χ1) is 16.5. The van der Waals surface area contributed by atoms with Crippen LogP contribution in [0.25, 0.3) is 5.65 Å². The van der Waals surface area contributed by atoms with Gasteiger partial charge in [-0.15, -0.1) is 0 Å². The number of hydrogen-bond acceptors (Lipinski definition) is 7. The van der Waals surface area contributed by atoms with Crippen molar-refractivity contribution in [2.24, 2.45) is 5.92 Å². The third-order valence-corrected chi connectivity index (χ3v) is 8.96. The number of rotatable bonds is 7. The van der Waals surface area contributed by atoms with Gasteiger partial charge in [-0.1, -0.05) is 18.2 Å². The molecule has 1 saturated carbocycles. The average Bonchev–Trinajstić information content (AvgIpc) is 3.58. The molecular formula is C24H30N6O3S. The van der Waals surface area contributed by atoms with Crippen molar-refractivity contribution in [3.05, 3.63) is 48.8 Å². The van der Waals surface area contributed by atoms with Crippen molar-refractivity contribution in [1.29, 1.82) is 0 Å². The molecule has 180 valence electrons. The van der Waals surface area contributed by atoms with Crippen molar-refractivity contribution in [1.82, 2.24) is 19.3 Å². The van der Waals surface area contributed by atoms with Crippen LogP contribution < -0.4 is 14.9 Å². The number of nitrogens with zero attached hydrogens (tertiary/aromatic N) is 4. The molecule has 10 heteroatoms. The van der Waals surface area contributed by atoms with E-state index in [1.807, 2.05) is 24.3 Å². The van der Waals surface area contributed by atoms with Crippen LogP contribution in [-0.2, 0) is 14.8 Å². The SMILES string of the molecule is O=S(=O)(NC1CCN(c2ccccc2)CC1)c1cnn2ccc(NCC34CCC(CO3)C4)nc12. The summed E-state index contributed by atoms with van der Waals surface area (Å²) in [5, 5.41) is 7.59. The lowest BCUT2D eigenvalue weighted by Gasteiger charge is -2.33. The number of anilines is 2. The third kappa shape index (κ3) is 4.14. The van der Waals surface area contributed by atoms with Gasteiger partial charge >= 0.3 is 0 Å². The van der Waals surface area contributed by atoms with E-state index in [0.717, 1.165) is 45.4 Å². The molecule has 1 aliphatic carbocycles. The van der Waals surface area contributed by atoms with Crippen LogP contribution in [0.2, 0.25) is 0 Å². The van der Waals surface area contributed by atoms with Gasteiger partial charge < -0.3 is 15.0 Å². The maximum absolute atomic E-state index is 13.2. The van der Waals surface area contributed by atoms with Gasteiger partial charge in [-0.25, -0.2) is 22.6 Å². The summed E-state index contributed by atoms with van der Waals surface area (Å²) in [5.74, 6) is 1.31. The van der Waals surface area contributed by atoms with Crippen LogP contribution in [0.15, 0.2) is 53.7 Å². The van der Waals surface area contributed by atoms with Crippen LogP contribution in [0.5, 0.6) is 0 Å². The molecule has 1 aromatic carbocycles. The summed E-state index contributed by atoms with van der Waals surface area (Å²) in [4.78, 5) is 6.99. The van der Waals surface area contributed by atoms with Crippen LogP contribution in [0.4, 0.5) is 11.5 Å². The molecule has 3 aliphatic rings. The molecule has 0 spiro atoms. The molecule has 2 N–H and O–H groups in total. The van der Waals surface area contributed by atoms with Crippen LogP contribution in [0.1, 0.15) is 32.1 Å². The van der Waals surface area contributed by atoms with E-state index >= 15 is 0 Å². The molecule has 34 heavy (non-hydrogen) atoms. The highest BCUT2D eigenvalue weighted by Crippen LogP contribution is 2.44. The first-order valence-corrected chi connectivity index (χ1v) is 13.5. The van der Waals surface area contributed by atoms with Gasteiger partial charge in [0.25, 0.3) is 0 Å². The topological polar surface area (TPSA) is 101 Å². The quantitative estimate of drug-likeness (QED) is 0.534. The summed E-state index contributed by atoms with van der Waals surface area (Å²) < 4.78 is 36.9. The van der Waals surface area contributed by atoms with E-state index in [-0.39, 0.29) is 16.5 Å². The lowest BCUT2D eigenvalue weighted by molar-refractivity contribution is -0.00652. The minimum absolute atomic E-state index is 0.107. The third-order valence-electron chi connectivity index (χ3n) is 7.45. The second-order valence-electron chi connectivity index (χ2n) is 9.76. The first kappa shape index (κ1) is 21.8. The summed E-state index contributed by atoms with van der Waals surface area (Å²) in [6, 6.07) is 11.9. The van der Waals surface area contributed by atoms with Crippen molar-refractivity contribution in [2.45, 2.75) is 48.6 Å². The molecule has 2 aliphatic heterocycles. The maximum Gasteiger partial charge on any atom is 0.246 e.